The van der Waals surface area contributed by atoms with Gasteiger partial charge in [-0.2, -0.15) is 0 Å². The summed E-state index contributed by atoms with van der Waals surface area (Å²) in [5.74, 6) is 0.344. The Hall–Kier alpha value is -1.53. The van der Waals surface area contributed by atoms with Gasteiger partial charge in [0.1, 0.15) is 0 Å². The van der Waals surface area contributed by atoms with Crippen molar-refractivity contribution in [2.45, 2.75) is 24.8 Å². The number of hydrogen-bond donors (Lipinski definition) is 3. The predicted molar refractivity (Wildman–Crippen MR) is 86.0 cm³/mol. The van der Waals surface area contributed by atoms with Gasteiger partial charge in [-0.25, -0.2) is 0 Å². The van der Waals surface area contributed by atoms with Crippen LogP contribution in [0, 0.1) is 5.92 Å². The van der Waals surface area contributed by atoms with E-state index in [1.165, 1.54) is 4.90 Å². The number of amides is 2. The number of nitrogens with two attached hydrogens (primary N) is 1. The Morgan fingerprint density at radius 2 is 1.86 bits per heavy atom. The molecule has 2 amide bonds. The van der Waals surface area contributed by atoms with Gasteiger partial charge in [0.2, 0.25) is 11.8 Å². The third kappa shape index (κ3) is 7.15. The fourth-order valence-corrected chi connectivity index (χ4v) is 2.32. The van der Waals surface area contributed by atoms with E-state index in [2.05, 4.69) is 10.6 Å². The SMILES string of the molecule is CC(C)[C@H](N)C(=O)NCC(=O)NCCSc1ccccc1. The first-order chi connectivity index (χ1) is 10.0. The summed E-state index contributed by atoms with van der Waals surface area (Å²) in [6, 6.07) is 9.41. The zero-order chi connectivity index (χ0) is 15.7. The Morgan fingerprint density at radius 3 is 2.48 bits per heavy atom. The molecule has 0 saturated heterocycles. The second-order valence-electron chi connectivity index (χ2n) is 5.00. The van der Waals surface area contributed by atoms with Crippen molar-refractivity contribution in [2.24, 2.45) is 11.7 Å². The van der Waals surface area contributed by atoms with Crippen LogP contribution in [0.25, 0.3) is 0 Å². The average Bonchev–Trinajstić information content (AvgIpc) is 2.49. The molecule has 0 spiro atoms. The fraction of sp³-hybridized carbons (Fsp3) is 0.467. The van der Waals surface area contributed by atoms with Crippen LogP contribution in [0.15, 0.2) is 35.2 Å². The number of thioether (sulfide) groups is 1. The third-order valence-electron chi connectivity index (χ3n) is 2.88. The minimum atomic E-state index is -0.577. The van der Waals surface area contributed by atoms with Crippen LogP contribution in [0.4, 0.5) is 0 Å². The average molecular weight is 309 g/mol. The van der Waals surface area contributed by atoms with Crippen LogP contribution in [0.5, 0.6) is 0 Å². The van der Waals surface area contributed by atoms with Crippen LogP contribution in [0.3, 0.4) is 0 Å². The van der Waals surface area contributed by atoms with E-state index in [9.17, 15) is 9.59 Å². The van der Waals surface area contributed by atoms with Gasteiger partial charge in [0.25, 0.3) is 0 Å². The highest BCUT2D eigenvalue weighted by atomic mass is 32.2. The normalized spacial score (nSPS) is 12.0. The lowest BCUT2D eigenvalue weighted by Crippen LogP contribution is -2.47. The first-order valence-electron chi connectivity index (χ1n) is 6.98. The number of nitrogens with one attached hydrogen (secondary N) is 2. The number of hydrogen-bond acceptors (Lipinski definition) is 4. The van der Waals surface area contributed by atoms with E-state index in [1.54, 1.807) is 11.8 Å². The van der Waals surface area contributed by atoms with Crippen molar-refractivity contribution in [3.63, 3.8) is 0 Å². The minimum Gasteiger partial charge on any atom is -0.354 e. The maximum absolute atomic E-state index is 11.6. The van der Waals surface area contributed by atoms with E-state index >= 15 is 0 Å². The maximum Gasteiger partial charge on any atom is 0.239 e. The summed E-state index contributed by atoms with van der Waals surface area (Å²) >= 11 is 1.67. The zero-order valence-corrected chi connectivity index (χ0v) is 13.3. The molecule has 6 heteroatoms. The molecule has 0 fully saturated rings. The van der Waals surface area contributed by atoms with Crippen LogP contribution in [0.2, 0.25) is 0 Å². The van der Waals surface area contributed by atoms with Crippen molar-refractivity contribution in [1.29, 1.82) is 0 Å². The van der Waals surface area contributed by atoms with E-state index in [1.807, 2.05) is 44.2 Å². The lowest BCUT2D eigenvalue weighted by atomic mass is 10.1. The Kier molecular flexibility index (Phi) is 7.85. The molecule has 0 aliphatic carbocycles. The largest absolute Gasteiger partial charge is 0.354 e. The highest BCUT2D eigenvalue weighted by molar-refractivity contribution is 7.99. The fourth-order valence-electron chi connectivity index (χ4n) is 1.53. The number of carbonyl (C=O) groups is 2. The number of carbonyl (C=O) groups excluding carboxylic acids is 2. The van der Waals surface area contributed by atoms with Gasteiger partial charge in [-0.3, -0.25) is 9.59 Å². The second kappa shape index (κ2) is 9.41. The van der Waals surface area contributed by atoms with Crippen LogP contribution in [-0.2, 0) is 9.59 Å². The maximum atomic E-state index is 11.6. The molecule has 116 valence electrons. The monoisotopic (exact) mass is 309 g/mol. The van der Waals surface area contributed by atoms with Gasteiger partial charge in [-0.15, -0.1) is 11.8 Å². The minimum absolute atomic E-state index is 0.0325. The smallest absolute Gasteiger partial charge is 0.239 e. The highest BCUT2D eigenvalue weighted by Crippen LogP contribution is 2.15. The third-order valence-corrected chi connectivity index (χ3v) is 3.89. The molecular formula is C15H23N3O2S. The van der Waals surface area contributed by atoms with Gasteiger partial charge in [0.15, 0.2) is 0 Å². The summed E-state index contributed by atoms with van der Waals surface area (Å²) in [5.41, 5.74) is 5.69. The summed E-state index contributed by atoms with van der Waals surface area (Å²) in [7, 11) is 0. The molecule has 0 unspecified atom stereocenters. The van der Waals surface area contributed by atoms with Gasteiger partial charge in [0.05, 0.1) is 12.6 Å². The van der Waals surface area contributed by atoms with E-state index in [0.29, 0.717) is 6.54 Å². The molecule has 1 aromatic rings. The molecule has 0 heterocycles. The van der Waals surface area contributed by atoms with Crippen molar-refractivity contribution in [1.82, 2.24) is 10.6 Å². The van der Waals surface area contributed by atoms with Crippen molar-refractivity contribution >= 4 is 23.6 Å². The van der Waals surface area contributed by atoms with E-state index < -0.39 is 6.04 Å². The molecule has 0 aliphatic heterocycles. The molecule has 5 nitrogen and oxygen atoms in total. The molecule has 1 aromatic carbocycles. The van der Waals surface area contributed by atoms with Crippen molar-refractivity contribution in [2.75, 3.05) is 18.8 Å². The van der Waals surface area contributed by atoms with Crippen LogP contribution < -0.4 is 16.4 Å². The van der Waals surface area contributed by atoms with Crippen molar-refractivity contribution < 1.29 is 9.59 Å². The molecule has 1 rings (SSSR count). The molecule has 1 atom stereocenters. The summed E-state index contributed by atoms with van der Waals surface area (Å²) in [6.45, 7) is 4.26. The quantitative estimate of drug-likeness (QED) is 0.494. The molecule has 0 saturated carbocycles. The molecule has 0 radical (unpaired) electrons. The van der Waals surface area contributed by atoms with Crippen LogP contribution >= 0.6 is 11.8 Å². The first kappa shape index (κ1) is 17.5. The van der Waals surface area contributed by atoms with E-state index in [4.69, 9.17) is 5.73 Å². The predicted octanol–water partition coefficient (Wildman–Crippen LogP) is 0.994. The van der Waals surface area contributed by atoms with Crippen LogP contribution in [-0.4, -0.2) is 36.7 Å². The van der Waals surface area contributed by atoms with Gasteiger partial charge < -0.3 is 16.4 Å². The van der Waals surface area contributed by atoms with Gasteiger partial charge >= 0.3 is 0 Å². The van der Waals surface area contributed by atoms with Gasteiger partial charge in [-0.05, 0) is 18.1 Å². The number of benzene rings is 1. The molecule has 21 heavy (non-hydrogen) atoms. The Labute approximate surface area is 130 Å². The summed E-state index contributed by atoms with van der Waals surface area (Å²) in [4.78, 5) is 24.3. The first-order valence-corrected chi connectivity index (χ1v) is 7.97. The molecular weight excluding hydrogens is 286 g/mol. The van der Waals surface area contributed by atoms with Gasteiger partial charge in [0, 0.05) is 17.2 Å². The molecule has 0 bridgehead atoms. The lowest BCUT2D eigenvalue weighted by Gasteiger charge is -2.15. The highest BCUT2D eigenvalue weighted by Gasteiger charge is 2.17. The number of rotatable bonds is 8. The molecule has 0 aromatic heterocycles. The summed E-state index contributed by atoms with van der Waals surface area (Å²) < 4.78 is 0. The van der Waals surface area contributed by atoms with Crippen LogP contribution in [0.1, 0.15) is 13.8 Å². The summed E-state index contributed by atoms with van der Waals surface area (Å²) in [5, 5.41) is 5.30. The van der Waals surface area contributed by atoms with E-state index in [0.717, 1.165) is 5.75 Å². The standard InChI is InChI=1S/C15H23N3O2S/c1-11(2)14(16)15(20)18-10-13(19)17-8-9-21-12-6-4-3-5-7-12/h3-7,11,14H,8-10,16H2,1-2H3,(H,17,19)(H,18,20)/t14-/m0/s1. The van der Waals surface area contributed by atoms with E-state index in [-0.39, 0.29) is 24.3 Å². The summed E-state index contributed by atoms with van der Waals surface area (Å²) in [6.07, 6.45) is 0. The zero-order valence-electron chi connectivity index (χ0n) is 12.5. The Morgan fingerprint density at radius 1 is 1.19 bits per heavy atom. The Bertz CT molecular complexity index is 451. The molecule has 4 N–H and O–H groups in total. The lowest BCUT2D eigenvalue weighted by molar-refractivity contribution is -0.127. The van der Waals surface area contributed by atoms with Gasteiger partial charge in [-0.1, -0.05) is 32.0 Å². The molecule has 0 aliphatic rings. The van der Waals surface area contributed by atoms with Crippen molar-refractivity contribution in [3.05, 3.63) is 30.3 Å². The Balaban J connectivity index is 2.13. The second-order valence-corrected chi connectivity index (χ2v) is 6.17. The topological polar surface area (TPSA) is 84.2 Å². The van der Waals surface area contributed by atoms with Crippen molar-refractivity contribution in [3.8, 4) is 0 Å².